The number of carboxylic acids is 1. The molecule has 0 radical (unpaired) electrons. The fraction of sp³-hybridized carbons (Fsp3) is 0.417. The number of aliphatic carboxylic acids is 1. The molecular formula is C12H12F3N5O4. The topological polar surface area (TPSA) is 134 Å². The van der Waals surface area contributed by atoms with Crippen molar-refractivity contribution in [3.63, 3.8) is 0 Å². The van der Waals surface area contributed by atoms with Crippen LogP contribution in [0.3, 0.4) is 0 Å². The first kappa shape index (κ1) is 17.6. The number of alkyl halides is 3. The summed E-state index contributed by atoms with van der Waals surface area (Å²) in [5.41, 5.74) is 0.215. The maximum atomic E-state index is 10.9. The van der Waals surface area contributed by atoms with E-state index in [2.05, 4.69) is 25.7 Å². The number of carbonyl (C=O) groups is 1. The van der Waals surface area contributed by atoms with Gasteiger partial charge in [-0.2, -0.15) is 23.3 Å². The van der Waals surface area contributed by atoms with Crippen LogP contribution in [-0.2, 0) is 4.79 Å². The van der Waals surface area contributed by atoms with E-state index in [0.717, 1.165) is 19.4 Å². The van der Waals surface area contributed by atoms with Crippen LogP contribution in [0.25, 0.3) is 11.6 Å². The molecule has 130 valence electrons. The molecule has 1 aliphatic heterocycles. The van der Waals surface area contributed by atoms with Crippen molar-refractivity contribution in [1.82, 2.24) is 25.7 Å². The molecule has 3 N–H and O–H groups in total. The number of nitrogens with one attached hydrogen (secondary N) is 2. The Hall–Kier alpha value is -2.76. The number of halogens is 3. The molecule has 1 unspecified atom stereocenters. The zero-order valence-electron chi connectivity index (χ0n) is 12.0. The lowest BCUT2D eigenvalue weighted by Crippen LogP contribution is -2.21. The summed E-state index contributed by atoms with van der Waals surface area (Å²) < 4.78 is 36.9. The Balaban J connectivity index is 0.000000256. The van der Waals surface area contributed by atoms with Gasteiger partial charge in [-0.05, 0) is 25.5 Å². The van der Waals surface area contributed by atoms with Gasteiger partial charge in [-0.3, -0.25) is 4.79 Å². The molecule has 0 spiro atoms. The van der Waals surface area contributed by atoms with E-state index in [1.165, 1.54) is 6.07 Å². The van der Waals surface area contributed by atoms with Crippen LogP contribution in [0.4, 0.5) is 13.2 Å². The number of H-pyrrole nitrogens is 1. The first-order chi connectivity index (χ1) is 11.3. The third-order valence-electron chi connectivity index (χ3n) is 2.95. The molecule has 0 aliphatic carbocycles. The highest BCUT2D eigenvalue weighted by Crippen LogP contribution is 2.22. The van der Waals surface area contributed by atoms with Crippen LogP contribution in [-0.4, -0.2) is 44.1 Å². The fourth-order valence-electron chi connectivity index (χ4n) is 1.85. The summed E-state index contributed by atoms with van der Waals surface area (Å²) in [4.78, 5) is 24.0. The third-order valence-corrected chi connectivity index (χ3v) is 2.95. The van der Waals surface area contributed by atoms with Crippen molar-refractivity contribution in [3.8, 4) is 11.6 Å². The lowest BCUT2D eigenvalue weighted by atomic mass is 10.2. The molecule has 24 heavy (non-hydrogen) atoms. The van der Waals surface area contributed by atoms with Crippen LogP contribution in [0.15, 0.2) is 21.5 Å². The summed E-state index contributed by atoms with van der Waals surface area (Å²) in [6, 6.07) is 3.09. The molecule has 1 fully saturated rings. The van der Waals surface area contributed by atoms with Gasteiger partial charge < -0.3 is 14.9 Å². The minimum absolute atomic E-state index is 0.162. The van der Waals surface area contributed by atoms with E-state index >= 15 is 0 Å². The molecule has 1 atom stereocenters. The molecule has 9 nitrogen and oxygen atoms in total. The molecule has 12 heteroatoms. The predicted octanol–water partition coefficient (Wildman–Crippen LogP) is 0.878. The smallest absolute Gasteiger partial charge is 0.475 e. The van der Waals surface area contributed by atoms with E-state index in [0.29, 0.717) is 17.4 Å². The molecule has 1 saturated heterocycles. The van der Waals surface area contributed by atoms with E-state index in [1.807, 2.05) is 0 Å². The Kier molecular flexibility index (Phi) is 5.28. The second-order valence-electron chi connectivity index (χ2n) is 4.72. The SMILES string of the molecule is O=C(O)C(F)(F)F.O=c1ccc(-c2nc(C3CCCN3)no2)n[nH]1. The van der Waals surface area contributed by atoms with Gasteiger partial charge in [-0.25, -0.2) is 9.89 Å². The first-order valence-corrected chi connectivity index (χ1v) is 6.70. The van der Waals surface area contributed by atoms with E-state index in [-0.39, 0.29) is 11.6 Å². The number of aromatic nitrogens is 4. The van der Waals surface area contributed by atoms with Crippen molar-refractivity contribution < 1.29 is 27.6 Å². The van der Waals surface area contributed by atoms with Gasteiger partial charge in [0.15, 0.2) is 5.82 Å². The second-order valence-corrected chi connectivity index (χ2v) is 4.72. The highest BCUT2D eigenvalue weighted by Gasteiger charge is 2.38. The zero-order valence-corrected chi connectivity index (χ0v) is 12.0. The van der Waals surface area contributed by atoms with Crippen molar-refractivity contribution in [1.29, 1.82) is 0 Å². The largest absolute Gasteiger partial charge is 0.490 e. The Morgan fingerprint density at radius 3 is 2.58 bits per heavy atom. The van der Waals surface area contributed by atoms with Crippen molar-refractivity contribution in [2.24, 2.45) is 0 Å². The molecule has 2 aromatic heterocycles. The molecule has 3 heterocycles. The van der Waals surface area contributed by atoms with Crippen LogP contribution in [0.2, 0.25) is 0 Å². The molecule has 1 aliphatic rings. The average molecular weight is 347 g/mol. The van der Waals surface area contributed by atoms with Crippen LogP contribution in [0.5, 0.6) is 0 Å². The van der Waals surface area contributed by atoms with E-state index < -0.39 is 12.1 Å². The van der Waals surface area contributed by atoms with Gasteiger partial charge in [0, 0.05) is 6.07 Å². The molecule has 2 aromatic rings. The number of nitrogens with zero attached hydrogens (tertiary/aromatic N) is 3. The Bertz CT molecular complexity index is 731. The number of aromatic amines is 1. The van der Waals surface area contributed by atoms with Gasteiger partial charge in [0.05, 0.1) is 6.04 Å². The predicted molar refractivity (Wildman–Crippen MR) is 71.8 cm³/mol. The quantitative estimate of drug-likeness (QED) is 0.729. The van der Waals surface area contributed by atoms with Crippen molar-refractivity contribution in [2.75, 3.05) is 6.54 Å². The van der Waals surface area contributed by atoms with Gasteiger partial charge in [-0.15, -0.1) is 0 Å². The number of rotatable bonds is 2. The van der Waals surface area contributed by atoms with Gasteiger partial charge >= 0.3 is 12.1 Å². The molecular weight excluding hydrogens is 335 g/mol. The van der Waals surface area contributed by atoms with Crippen LogP contribution < -0.4 is 10.9 Å². The van der Waals surface area contributed by atoms with Crippen molar-refractivity contribution in [3.05, 3.63) is 28.3 Å². The maximum Gasteiger partial charge on any atom is 0.490 e. The summed E-state index contributed by atoms with van der Waals surface area (Å²) in [6.07, 6.45) is -2.95. The van der Waals surface area contributed by atoms with Crippen molar-refractivity contribution >= 4 is 5.97 Å². The fourth-order valence-corrected chi connectivity index (χ4v) is 1.85. The summed E-state index contributed by atoms with van der Waals surface area (Å²) >= 11 is 0. The van der Waals surface area contributed by atoms with Crippen LogP contribution in [0, 0.1) is 0 Å². The maximum absolute atomic E-state index is 10.9. The molecule has 3 rings (SSSR count). The normalized spacial score (nSPS) is 17.2. The third kappa shape index (κ3) is 4.62. The lowest BCUT2D eigenvalue weighted by molar-refractivity contribution is -0.192. The van der Waals surface area contributed by atoms with Crippen LogP contribution in [0.1, 0.15) is 24.7 Å². The zero-order chi connectivity index (χ0) is 17.7. The Morgan fingerprint density at radius 2 is 2.08 bits per heavy atom. The minimum Gasteiger partial charge on any atom is -0.475 e. The van der Waals surface area contributed by atoms with Gasteiger partial charge in [-0.1, -0.05) is 5.16 Å². The summed E-state index contributed by atoms with van der Waals surface area (Å²) in [5, 5.41) is 20.5. The number of carboxylic acid groups (broad SMARTS) is 1. The first-order valence-electron chi connectivity index (χ1n) is 6.70. The Labute approximate surface area is 131 Å². The highest BCUT2D eigenvalue weighted by molar-refractivity contribution is 5.73. The molecule has 0 aromatic carbocycles. The van der Waals surface area contributed by atoms with E-state index in [4.69, 9.17) is 14.4 Å². The highest BCUT2D eigenvalue weighted by atomic mass is 19.4. The number of hydrogen-bond donors (Lipinski definition) is 3. The van der Waals surface area contributed by atoms with Gasteiger partial charge in [0.25, 0.3) is 11.4 Å². The van der Waals surface area contributed by atoms with E-state index in [1.54, 1.807) is 6.07 Å². The summed E-state index contributed by atoms with van der Waals surface area (Å²) in [7, 11) is 0. The van der Waals surface area contributed by atoms with Crippen molar-refractivity contribution in [2.45, 2.75) is 25.1 Å². The number of hydrogen-bond acceptors (Lipinski definition) is 7. The monoisotopic (exact) mass is 347 g/mol. The minimum atomic E-state index is -5.08. The average Bonchev–Trinajstić information content (AvgIpc) is 3.19. The molecule has 0 bridgehead atoms. The molecule has 0 saturated carbocycles. The summed E-state index contributed by atoms with van der Waals surface area (Å²) in [5.74, 6) is -1.79. The second kappa shape index (κ2) is 7.21. The van der Waals surface area contributed by atoms with Gasteiger partial charge in [0.2, 0.25) is 0 Å². The molecule has 0 amide bonds. The van der Waals surface area contributed by atoms with Crippen LogP contribution >= 0.6 is 0 Å². The lowest BCUT2D eigenvalue weighted by Gasteiger charge is -2.01. The van der Waals surface area contributed by atoms with Gasteiger partial charge in [0.1, 0.15) is 5.69 Å². The standard InChI is InChI=1S/C10H11N5O2.C2HF3O2/c16-8-4-3-7(13-14-8)10-12-9(15-17-10)6-2-1-5-11-6;3-2(4,5)1(6)7/h3-4,6,11H,1-2,5H2,(H,14,16);(H,6,7). The van der Waals surface area contributed by atoms with E-state index in [9.17, 15) is 18.0 Å². The Morgan fingerprint density at radius 1 is 1.38 bits per heavy atom. The summed E-state index contributed by atoms with van der Waals surface area (Å²) in [6.45, 7) is 0.978.